The summed E-state index contributed by atoms with van der Waals surface area (Å²) in [6.07, 6.45) is -0.211. The number of hydrogen-bond donors (Lipinski definition) is 0. The van der Waals surface area contributed by atoms with Crippen molar-refractivity contribution >= 4 is 46.3 Å². The molecule has 0 radical (unpaired) electrons. The van der Waals surface area contributed by atoms with E-state index in [4.69, 9.17) is 4.74 Å². The number of thioether (sulfide) groups is 2. The Balaban J connectivity index is 1.65. The van der Waals surface area contributed by atoms with Gasteiger partial charge in [0.2, 0.25) is 5.91 Å². The summed E-state index contributed by atoms with van der Waals surface area (Å²) in [5, 5.41) is 10.5. The van der Waals surface area contributed by atoms with Crippen molar-refractivity contribution < 1.29 is 24.0 Å². The lowest BCUT2D eigenvalue weighted by molar-refractivity contribution is -0.384. The van der Waals surface area contributed by atoms with E-state index >= 15 is 0 Å². The van der Waals surface area contributed by atoms with Gasteiger partial charge in [0.15, 0.2) is 5.12 Å². The van der Waals surface area contributed by atoms with Crippen LogP contribution >= 0.6 is 23.5 Å². The molecular formula is C18H21N3O6S2. The molecule has 3 rings (SSSR count). The van der Waals surface area contributed by atoms with Crippen LogP contribution in [-0.2, 0) is 20.9 Å². The Morgan fingerprint density at radius 3 is 2.62 bits per heavy atom. The van der Waals surface area contributed by atoms with Gasteiger partial charge in [0.1, 0.15) is 12.6 Å². The van der Waals surface area contributed by atoms with Gasteiger partial charge in [-0.1, -0.05) is 11.8 Å². The number of rotatable bonds is 5. The molecule has 0 aromatic heterocycles. The van der Waals surface area contributed by atoms with Gasteiger partial charge in [-0.2, -0.15) is 0 Å². The van der Waals surface area contributed by atoms with Crippen molar-refractivity contribution in [3.63, 3.8) is 0 Å². The van der Waals surface area contributed by atoms with Crippen LogP contribution in [0.15, 0.2) is 24.3 Å². The van der Waals surface area contributed by atoms with Crippen LogP contribution in [-0.4, -0.2) is 67.8 Å². The van der Waals surface area contributed by atoms with E-state index in [2.05, 4.69) is 0 Å². The average molecular weight is 440 g/mol. The van der Waals surface area contributed by atoms with Gasteiger partial charge in [0, 0.05) is 43.1 Å². The molecule has 9 nitrogen and oxygen atoms in total. The molecule has 2 amide bonds. The van der Waals surface area contributed by atoms with Gasteiger partial charge in [-0.3, -0.25) is 24.6 Å². The summed E-state index contributed by atoms with van der Waals surface area (Å²) in [4.78, 5) is 50.4. The lowest BCUT2D eigenvalue weighted by Crippen LogP contribution is -2.47. The maximum absolute atomic E-state index is 12.9. The van der Waals surface area contributed by atoms with Crippen LogP contribution in [0, 0.1) is 10.1 Å². The van der Waals surface area contributed by atoms with Crippen molar-refractivity contribution in [2.24, 2.45) is 0 Å². The molecule has 2 aliphatic heterocycles. The lowest BCUT2D eigenvalue weighted by atomic mass is 10.2. The molecular weight excluding hydrogens is 418 g/mol. The van der Waals surface area contributed by atoms with Crippen molar-refractivity contribution in [2.75, 3.05) is 24.7 Å². The maximum atomic E-state index is 12.9. The van der Waals surface area contributed by atoms with Crippen LogP contribution < -0.4 is 0 Å². The Morgan fingerprint density at radius 1 is 1.31 bits per heavy atom. The van der Waals surface area contributed by atoms with Crippen molar-refractivity contribution in [2.45, 2.75) is 31.2 Å². The average Bonchev–Trinajstić information content (AvgIpc) is 3.35. The number of ether oxygens (including phenoxy) is 1. The number of carbonyl (C=O) groups is 3. The summed E-state index contributed by atoms with van der Waals surface area (Å²) in [5.41, 5.74) is 0.564. The van der Waals surface area contributed by atoms with Crippen molar-refractivity contribution in [3.05, 3.63) is 39.9 Å². The standard InChI is InChI=1S/C18H21N3O6S2/c1-12(22)29-15-8-16(17(23)19-6-7-28-11-19)20(9-15)18(24)27-10-13-2-4-14(5-3-13)21(25)26/h2-5,15-16H,6-11H2,1H3/t15-,16-/m0/s1. The van der Waals surface area contributed by atoms with Crippen LogP contribution in [0.25, 0.3) is 0 Å². The number of amides is 2. The van der Waals surface area contributed by atoms with E-state index in [9.17, 15) is 24.5 Å². The van der Waals surface area contributed by atoms with Crippen LogP contribution in [0.5, 0.6) is 0 Å². The van der Waals surface area contributed by atoms with Crippen molar-refractivity contribution in [1.82, 2.24) is 9.80 Å². The minimum absolute atomic E-state index is 0.0436. The van der Waals surface area contributed by atoms with E-state index in [1.165, 1.54) is 36.1 Å². The number of non-ortho nitro benzene ring substituents is 1. The third kappa shape index (κ3) is 5.41. The van der Waals surface area contributed by atoms with E-state index in [0.29, 0.717) is 24.4 Å². The van der Waals surface area contributed by atoms with Gasteiger partial charge in [-0.05, 0) is 24.1 Å². The highest BCUT2D eigenvalue weighted by molar-refractivity contribution is 8.14. The van der Waals surface area contributed by atoms with E-state index < -0.39 is 17.1 Å². The van der Waals surface area contributed by atoms with Gasteiger partial charge in [0.25, 0.3) is 5.69 Å². The first-order chi connectivity index (χ1) is 13.8. The van der Waals surface area contributed by atoms with Gasteiger partial charge in [0.05, 0.1) is 10.8 Å². The maximum Gasteiger partial charge on any atom is 0.410 e. The van der Waals surface area contributed by atoms with Gasteiger partial charge >= 0.3 is 6.09 Å². The van der Waals surface area contributed by atoms with Gasteiger partial charge < -0.3 is 9.64 Å². The number of benzene rings is 1. The van der Waals surface area contributed by atoms with E-state index in [0.717, 1.165) is 17.5 Å². The zero-order chi connectivity index (χ0) is 21.0. The highest BCUT2D eigenvalue weighted by Gasteiger charge is 2.43. The Bertz CT molecular complexity index is 797. The molecule has 2 atom stereocenters. The fourth-order valence-corrected chi connectivity index (χ4v) is 5.23. The molecule has 1 aromatic rings. The Kier molecular flexibility index (Phi) is 7.01. The second-order valence-corrected chi connectivity index (χ2v) is 9.30. The van der Waals surface area contributed by atoms with Crippen LogP contribution in [0.3, 0.4) is 0 Å². The molecule has 0 aliphatic carbocycles. The Labute approximate surface area is 176 Å². The molecule has 0 saturated carbocycles. The summed E-state index contributed by atoms with van der Waals surface area (Å²) < 4.78 is 5.36. The largest absolute Gasteiger partial charge is 0.445 e. The molecule has 0 unspecified atom stereocenters. The first-order valence-corrected chi connectivity index (χ1v) is 11.1. The fourth-order valence-electron chi connectivity index (χ4n) is 3.29. The number of nitrogens with zero attached hydrogens (tertiary/aromatic N) is 3. The Hall–Kier alpha value is -2.27. The minimum Gasteiger partial charge on any atom is -0.445 e. The summed E-state index contributed by atoms with van der Waals surface area (Å²) in [6.45, 7) is 2.32. The molecule has 1 aromatic carbocycles. The topological polar surface area (TPSA) is 110 Å². The Morgan fingerprint density at radius 2 is 2.03 bits per heavy atom. The smallest absolute Gasteiger partial charge is 0.410 e. The molecule has 2 heterocycles. The minimum atomic E-state index is -0.644. The molecule has 156 valence electrons. The third-order valence-electron chi connectivity index (χ3n) is 4.69. The molecule has 2 fully saturated rings. The molecule has 11 heteroatoms. The van der Waals surface area contributed by atoms with Crippen molar-refractivity contribution in [3.8, 4) is 0 Å². The molecule has 2 saturated heterocycles. The zero-order valence-electron chi connectivity index (χ0n) is 15.8. The number of nitro benzene ring substituents is 1. The molecule has 0 bridgehead atoms. The van der Waals surface area contributed by atoms with Crippen LogP contribution in [0.2, 0.25) is 0 Å². The molecule has 0 spiro atoms. The lowest BCUT2D eigenvalue weighted by Gasteiger charge is -2.26. The number of carbonyl (C=O) groups excluding carboxylic acids is 3. The number of hydrogen-bond acceptors (Lipinski definition) is 8. The SMILES string of the molecule is CC(=O)S[C@H]1C[C@@H](C(=O)N2CCSC2)N(C(=O)OCc2ccc([N+](=O)[O-])cc2)C1. The van der Waals surface area contributed by atoms with E-state index in [1.807, 2.05) is 0 Å². The summed E-state index contributed by atoms with van der Waals surface area (Å²) in [5.74, 6) is 1.36. The second-order valence-electron chi connectivity index (χ2n) is 6.75. The highest BCUT2D eigenvalue weighted by Crippen LogP contribution is 2.31. The quantitative estimate of drug-likeness (QED) is 0.508. The fraction of sp³-hybridized carbons (Fsp3) is 0.500. The van der Waals surface area contributed by atoms with E-state index in [-0.39, 0.29) is 35.1 Å². The number of likely N-dealkylation sites (tertiary alicyclic amines) is 1. The monoisotopic (exact) mass is 439 g/mol. The van der Waals surface area contributed by atoms with Crippen LogP contribution in [0.1, 0.15) is 18.9 Å². The van der Waals surface area contributed by atoms with Gasteiger partial charge in [-0.15, -0.1) is 11.8 Å². The molecule has 0 N–H and O–H groups in total. The number of nitro groups is 1. The molecule has 29 heavy (non-hydrogen) atoms. The first kappa shape index (κ1) is 21.4. The van der Waals surface area contributed by atoms with E-state index in [1.54, 1.807) is 16.7 Å². The third-order valence-corrected chi connectivity index (χ3v) is 6.66. The van der Waals surface area contributed by atoms with Crippen LogP contribution in [0.4, 0.5) is 10.5 Å². The first-order valence-electron chi connectivity index (χ1n) is 9.05. The highest BCUT2D eigenvalue weighted by atomic mass is 32.2. The normalized spacial score (nSPS) is 21.3. The summed E-state index contributed by atoms with van der Waals surface area (Å²) in [6, 6.07) is 5.09. The predicted molar refractivity (Wildman–Crippen MR) is 109 cm³/mol. The van der Waals surface area contributed by atoms with Crippen molar-refractivity contribution in [1.29, 1.82) is 0 Å². The summed E-state index contributed by atoms with van der Waals surface area (Å²) >= 11 is 2.80. The van der Waals surface area contributed by atoms with Gasteiger partial charge in [-0.25, -0.2) is 4.79 Å². The zero-order valence-corrected chi connectivity index (χ0v) is 17.4. The predicted octanol–water partition coefficient (Wildman–Crippen LogP) is 2.49. The summed E-state index contributed by atoms with van der Waals surface area (Å²) in [7, 11) is 0. The second kappa shape index (κ2) is 9.49. The molecule has 2 aliphatic rings.